The van der Waals surface area contributed by atoms with Gasteiger partial charge in [-0.1, -0.05) is 24.6 Å². The molecule has 1 atom stereocenters. The number of carboxylic acid groups (broad SMARTS) is 1. The Kier molecular flexibility index (Phi) is 2.91. The van der Waals surface area contributed by atoms with Gasteiger partial charge in [0.2, 0.25) is 0 Å². The monoisotopic (exact) mass is 239 g/mol. The molecular weight excluding hydrogens is 226 g/mol. The molecule has 0 spiro atoms. The highest BCUT2D eigenvalue weighted by Crippen LogP contribution is 2.32. The normalized spacial score (nSPS) is 23.1. The van der Waals surface area contributed by atoms with Gasteiger partial charge in [-0.15, -0.1) is 0 Å². The number of likely N-dealkylation sites (N-methyl/N-ethyl adjacent to an activating group) is 1. The van der Waals surface area contributed by atoms with Gasteiger partial charge in [0.15, 0.2) is 0 Å². The second kappa shape index (κ2) is 4.07. The summed E-state index contributed by atoms with van der Waals surface area (Å²) in [5, 5.41) is 13.1. The topological polar surface area (TPSA) is 49.3 Å². The number of carboxylic acids is 1. The predicted octanol–water partition coefficient (Wildman–Crippen LogP) is 1.87. The minimum absolute atomic E-state index is 0.506. The zero-order valence-corrected chi connectivity index (χ0v) is 9.84. The second-order valence-electron chi connectivity index (χ2n) is 4.18. The molecule has 3 nitrogen and oxygen atoms in total. The van der Waals surface area contributed by atoms with Crippen LogP contribution in [-0.4, -0.2) is 23.2 Å². The molecule has 0 aliphatic heterocycles. The first kappa shape index (κ1) is 11.4. The van der Waals surface area contributed by atoms with Crippen LogP contribution in [0.3, 0.4) is 0 Å². The van der Waals surface area contributed by atoms with E-state index in [1.165, 1.54) is 0 Å². The van der Waals surface area contributed by atoms with Crippen LogP contribution in [0.1, 0.15) is 18.1 Å². The van der Waals surface area contributed by atoms with Crippen molar-refractivity contribution in [2.24, 2.45) is 0 Å². The van der Waals surface area contributed by atoms with Crippen LogP contribution < -0.4 is 5.32 Å². The zero-order valence-electron chi connectivity index (χ0n) is 9.09. The Morgan fingerprint density at radius 1 is 1.50 bits per heavy atom. The molecule has 1 aliphatic carbocycles. The SMILES string of the molecule is CCNC1(C(=O)O)Cc2ccc(Cl)cc2C1. The van der Waals surface area contributed by atoms with Gasteiger partial charge in [0.05, 0.1) is 0 Å². The Morgan fingerprint density at radius 2 is 2.19 bits per heavy atom. The summed E-state index contributed by atoms with van der Waals surface area (Å²) in [6.07, 6.45) is 1.04. The molecule has 1 unspecified atom stereocenters. The van der Waals surface area contributed by atoms with Crippen LogP contribution in [0.4, 0.5) is 0 Å². The van der Waals surface area contributed by atoms with Crippen LogP contribution >= 0.6 is 11.6 Å². The second-order valence-corrected chi connectivity index (χ2v) is 4.62. The molecule has 4 heteroatoms. The lowest BCUT2D eigenvalue weighted by Crippen LogP contribution is -2.52. The summed E-state index contributed by atoms with van der Waals surface area (Å²) in [5.41, 5.74) is 1.27. The molecule has 16 heavy (non-hydrogen) atoms. The predicted molar refractivity (Wildman–Crippen MR) is 62.9 cm³/mol. The molecule has 0 bridgehead atoms. The standard InChI is InChI=1S/C12H14ClNO2/c1-2-14-12(11(15)16)6-8-3-4-10(13)5-9(8)7-12/h3-5,14H,2,6-7H2,1H3,(H,15,16). The lowest BCUT2D eigenvalue weighted by molar-refractivity contribution is -0.144. The number of fused-ring (bicyclic) bond motifs is 1. The minimum atomic E-state index is -0.845. The minimum Gasteiger partial charge on any atom is -0.480 e. The molecule has 1 aromatic carbocycles. The fourth-order valence-corrected chi connectivity index (χ4v) is 2.53. The van der Waals surface area contributed by atoms with Gasteiger partial charge in [0, 0.05) is 17.9 Å². The first-order valence-corrected chi connectivity index (χ1v) is 5.71. The van der Waals surface area contributed by atoms with Crippen molar-refractivity contribution in [3.8, 4) is 0 Å². The maximum atomic E-state index is 11.4. The van der Waals surface area contributed by atoms with E-state index in [4.69, 9.17) is 11.6 Å². The first-order chi connectivity index (χ1) is 7.57. The van der Waals surface area contributed by atoms with Crippen LogP contribution in [0, 0.1) is 0 Å². The highest BCUT2D eigenvalue weighted by molar-refractivity contribution is 6.30. The van der Waals surface area contributed by atoms with E-state index in [2.05, 4.69) is 5.32 Å². The van der Waals surface area contributed by atoms with Crippen LogP contribution in [0.25, 0.3) is 0 Å². The molecule has 0 saturated heterocycles. The maximum Gasteiger partial charge on any atom is 0.324 e. The summed E-state index contributed by atoms with van der Waals surface area (Å²) in [4.78, 5) is 11.4. The van der Waals surface area contributed by atoms with Crippen molar-refractivity contribution in [1.29, 1.82) is 0 Å². The number of hydrogen-bond acceptors (Lipinski definition) is 2. The van der Waals surface area contributed by atoms with Gasteiger partial charge in [0.25, 0.3) is 0 Å². The zero-order chi connectivity index (χ0) is 11.8. The highest BCUT2D eigenvalue weighted by atomic mass is 35.5. The van der Waals surface area contributed by atoms with E-state index < -0.39 is 11.5 Å². The van der Waals surface area contributed by atoms with Crippen LogP contribution in [0.15, 0.2) is 18.2 Å². The third-order valence-corrected chi connectivity index (χ3v) is 3.31. The van der Waals surface area contributed by atoms with Crippen LogP contribution in [-0.2, 0) is 17.6 Å². The molecule has 86 valence electrons. The summed E-state index contributed by atoms with van der Waals surface area (Å²) in [5.74, 6) is -0.790. The number of nitrogens with one attached hydrogen (secondary N) is 1. The Labute approximate surface area is 99.4 Å². The van der Waals surface area contributed by atoms with E-state index >= 15 is 0 Å². The average molecular weight is 240 g/mol. The van der Waals surface area contributed by atoms with E-state index in [0.717, 1.165) is 11.1 Å². The Morgan fingerprint density at radius 3 is 2.81 bits per heavy atom. The van der Waals surface area contributed by atoms with Crippen LogP contribution in [0.2, 0.25) is 5.02 Å². The van der Waals surface area contributed by atoms with Gasteiger partial charge >= 0.3 is 5.97 Å². The van der Waals surface area contributed by atoms with E-state index in [9.17, 15) is 9.90 Å². The van der Waals surface area contributed by atoms with E-state index in [1.54, 1.807) is 0 Å². The van der Waals surface area contributed by atoms with Gasteiger partial charge in [-0.25, -0.2) is 0 Å². The molecule has 0 amide bonds. The number of rotatable bonds is 3. The van der Waals surface area contributed by atoms with Crippen molar-refractivity contribution >= 4 is 17.6 Å². The van der Waals surface area contributed by atoms with Gasteiger partial charge in [-0.2, -0.15) is 0 Å². The van der Waals surface area contributed by atoms with Gasteiger partial charge < -0.3 is 10.4 Å². The largest absolute Gasteiger partial charge is 0.480 e. The molecule has 2 N–H and O–H groups in total. The fourth-order valence-electron chi connectivity index (χ4n) is 2.33. The number of aliphatic carboxylic acids is 1. The number of halogens is 1. The summed E-state index contributed by atoms with van der Waals surface area (Å²) in [7, 11) is 0. The molecule has 0 fully saturated rings. The summed E-state index contributed by atoms with van der Waals surface area (Å²) in [6.45, 7) is 2.56. The average Bonchev–Trinajstić information content (AvgIpc) is 2.57. The number of benzene rings is 1. The van der Waals surface area contributed by atoms with Gasteiger partial charge in [0.1, 0.15) is 5.54 Å². The lowest BCUT2D eigenvalue weighted by atomic mass is 9.96. The van der Waals surface area contributed by atoms with Crippen molar-refractivity contribution in [2.45, 2.75) is 25.3 Å². The third-order valence-electron chi connectivity index (χ3n) is 3.08. The highest BCUT2D eigenvalue weighted by Gasteiger charge is 2.43. The number of carbonyl (C=O) groups is 1. The van der Waals surface area contributed by atoms with Crippen molar-refractivity contribution < 1.29 is 9.90 Å². The fraction of sp³-hybridized carbons (Fsp3) is 0.417. The van der Waals surface area contributed by atoms with E-state index in [-0.39, 0.29) is 0 Å². The van der Waals surface area contributed by atoms with Crippen LogP contribution in [0.5, 0.6) is 0 Å². The molecule has 0 saturated carbocycles. The van der Waals surface area contributed by atoms with E-state index in [0.29, 0.717) is 24.4 Å². The van der Waals surface area contributed by atoms with Crippen molar-refractivity contribution in [3.63, 3.8) is 0 Å². The lowest BCUT2D eigenvalue weighted by Gasteiger charge is -2.24. The molecule has 2 rings (SSSR count). The van der Waals surface area contributed by atoms with Crippen molar-refractivity contribution in [2.75, 3.05) is 6.54 Å². The molecule has 0 heterocycles. The smallest absolute Gasteiger partial charge is 0.324 e. The molecule has 1 aliphatic rings. The quantitative estimate of drug-likeness (QED) is 0.847. The number of hydrogen-bond donors (Lipinski definition) is 2. The molecule has 0 radical (unpaired) electrons. The molecule has 0 aromatic heterocycles. The first-order valence-electron chi connectivity index (χ1n) is 5.33. The van der Waals surface area contributed by atoms with E-state index in [1.807, 2.05) is 25.1 Å². The van der Waals surface area contributed by atoms with Crippen molar-refractivity contribution in [1.82, 2.24) is 5.32 Å². The summed E-state index contributed by atoms with van der Waals surface area (Å²) in [6, 6.07) is 5.59. The molecule has 1 aromatic rings. The third kappa shape index (κ3) is 1.81. The van der Waals surface area contributed by atoms with Gasteiger partial charge in [-0.05, 0) is 29.8 Å². The van der Waals surface area contributed by atoms with Gasteiger partial charge in [-0.3, -0.25) is 4.79 Å². The Balaban J connectivity index is 2.34. The van der Waals surface area contributed by atoms with Crippen molar-refractivity contribution in [3.05, 3.63) is 34.3 Å². The maximum absolute atomic E-state index is 11.4. The Hall–Kier alpha value is -1.06. The molecular formula is C12H14ClNO2. The summed E-state index contributed by atoms with van der Waals surface area (Å²) < 4.78 is 0. The summed E-state index contributed by atoms with van der Waals surface area (Å²) >= 11 is 5.91. The Bertz CT molecular complexity index is 433.